The van der Waals surface area contributed by atoms with Crippen LogP contribution in [0.25, 0.3) is 0 Å². The van der Waals surface area contributed by atoms with Crippen LogP contribution >= 0.6 is 0 Å². The van der Waals surface area contributed by atoms with Crippen molar-refractivity contribution in [2.45, 2.75) is 52.2 Å². The summed E-state index contributed by atoms with van der Waals surface area (Å²) in [5, 5.41) is 21.6. The van der Waals surface area contributed by atoms with E-state index < -0.39 is 11.7 Å². The van der Waals surface area contributed by atoms with Crippen molar-refractivity contribution in [1.82, 2.24) is 0 Å². The number of rotatable bonds is 4. The number of carbonyl (C=O) groups excluding carboxylic acids is 1. The SMILES string of the molecule is CC(O)CCc1ccc(NC(=O)OC(C)(C)C)c(O)c1. The van der Waals surface area contributed by atoms with Crippen LogP contribution in [0.15, 0.2) is 18.2 Å². The smallest absolute Gasteiger partial charge is 0.412 e. The van der Waals surface area contributed by atoms with Gasteiger partial charge in [-0.2, -0.15) is 0 Å². The molecule has 0 spiro atoms. The molecule has 0 radical (unpaired) electrons. The van der Waals surface area contributed by atoms with Crippen LogP contribution in [-0.4, -0.2) is 28.0 Å². The molecule has 20 heavy (non-hydrogen) atoms. The number of aryl methyl sites for hydroxylation is 1. The molecule has 3 N–H and O–H groups in total. The number of aromatic hydroxyl groups is 1. The molecule has 0 bridgehead atoms. The van der Waals surface area contributed by atoms with Gasteiger partial charge < -0.3 is 14.9 Å². The number of carbonyl (C=O) groups is 1. The number of benzene rings is 1. The topological polar surface area (TPSA) is 78.8 Å². The van der Waals surface area contributed by atoms with Gasteiger partial charge in [0.1, 0.15) is 11.4 Å². The lowest BCUT2D eigenvalue weighted by Crippen LogP contribution is -2.27. The molecular weight excluding hydrogens is 258 g/mol. The van der Waals surface area contributed by atoms with Gasteiger partial charge in [-0.3, -0.25) is 5.32 Å². The quantitative estimate of drug-likeness (QED) is 0.741. The molecule has 0 saturated heterocycles. The van der Waals surface area contributed by atoms with Crippen LogP contribution in [0.2, 0.25) is 0 Å². The molecule has 0 aliphatic rings. The number of hydrogen-bond donors (Lipinski definition) is 3. The van der Waals surface area contributed by atoms with Crippen molar-refractivity contribution in [3.05, 3.63) is 23.8 Å². The fourth-order valence-corrected chi connectivity index (χ4v) is 1.63. The molecule has 1 amide bonds. The summed E-state index contributed by atoms with van der Waals surface area (Å²) in [6.45, 7) is 7.03. The van der Waals surface area contributed by atoms with Crippen LogP contribution < -0.4 is 5.32 Å². The zero-order valence-electron chi connectivity index (χ0n) is 12.4. The molecule has 112 valence electrons. The second kappa shape index (κ2) is 6.61. The summed E-state index contributed by atoms with van der Waals surface area (Å²) >= 11 is 0. The summed E-state index contributed by atoms with van der Waals surface area (Å²) in [5.41, 5.74) is 0.620. The number of nitrogens with one attached hydrogen (secondary N) is 1. The van der Waals surface area contributed by atoms with Crippen molar-refractivity contribution in [3.63, 3.8) is 0 Å². The summed E-state index contributed by atoms with van der Waals surface area (Å²) in [4.78, 5) is 11.6. The van der Waals surface area contributed by atoms with Gasteiger partial charge in [0.05, 0.1) is 11.8 Å². The predicted octanol–water partition coefficient (Wildman–Crippen LogP) is 3.05. The van der Waals surface area contributed by atoms with E-state index in [0.717, 1.165) is 5.56 Å². The molecule has 0 aromatic heterocycles. The third-order valence-corrected chi connectivity index (χ3v) is 2.55. The maximum atomic E-state index is 11.6. The van der Waals surface area contributed by atoms with E-state index in [9.17, 15) is 15.0 Å². The van der Waals surface area contributed by atoms with Gasteiger partial charge in [-0.25, -0.2) is 4.79 Å². The third-order valence-electron chi connectivity index (χ3n) is 2.55. The van der Waals surface area contributed by atoms with E-state index in [2.05, 4.69) is 5.32 Å². The monoisotopic (exact) mass is 281 g/mol. The second-order valence-corrected chi connectivity index (χ2v) is 5.87. The Morgan fingerprint density at radius 1 is 1.40 bits per heavy atom. The Hall–Kier alpha value is -1.75. The van der Waals surface area contributed by atoms with E-state index in [1.807, 2.05) is 0 Å². The molecule has 1 unspecified atom stereocenters. The molecule has 0 fully saturated rings. The van der Waals surface area contributed by atoms with Crippen LogP contribution in [0.3, 0.4) is 0 Å². The molecule has 1 atom stereocenters. The highest BCUT2D eigenvalue weighted by Crippen LogP contribution is 2.25. The molecule has 0 aliphatic carbocycles. The van der Waals surface area contributed by atoms with Gasteiger partial charge in [-0.05, 0) is 58.2 Å². The number of phenolic OH excluding ortho intramolecular Hbond substituents is 1. The van der Waals surface area contributed by atoms with Crippen molar-refractivity contribution in [3.8, 4) is 5.75 Å². The van der Waals surface area contributed by atoms with Gasteiger partial charge in [0, 0.05) is 0 Å². The highest BCUT2D eigenvalue weighted by molar-refractivity contribution is 5.86. The maximum Gasteiger partial charge on any atom is 0.412 e. The Balaban J connectivity index is 2.66. The second-order valence-electron chi connectivity index (χ2n) is 5.87. The molecule has 0 aliphatic heterocycles. The number of hydrogen-bond acceptors (Lipinski definition) is 4. The molecular formula is C15H23NO4. The molecule has 1 rings (SSSR count). The van der Waals surface area contributed by atoms with E-state index >= 15 is 0 Å². The minimum Gasteiger partial charge on any atom is -0.506 e. The van der Waals surface area contributed by atoms with Crippen molar-refractivity contribution in [1.29, 1.82) is 0 Å². The molecule has 0 saturated carbocycles. The average Bonchev–Trinajstić information content (AvgIpc) is 2.27. The molecule has 5 nitrogen and oxygen atoms in total. The molecule has 5 heteroatoms. The van der Waals surface area contributed by atoms with Crippen LogP contribution in [0.1, 0.15) is 39.7 Å². The van der Waals surface area contributed by atoms with Crippen LogP contribution in [-0.2, 0) is 11.2 Å². The highest BCUT2D eigenvalue weighted by atomic mass is 16.6. The molecule has 0 heterocycles. The number of aliphatic hydroxyl groups is 1. The van der Waals surface area contributed by atoms with Crippen molar-refractivity contribution in [2.75, 3.05) is 5.32 Å². The van der Waals surface area contributed by atoms with Gasteiger partial charge >= 0.3 is 6.09 Å². The first-order valence-corrected chi connectivity index (χ1v) is 6.67. The lowest BCUT2D eigenvalue weighted by atomic mass is 10.1. The fraction of sp³-hybridized carbons (Fsp3) is 0.533. The predicted molar refractivity (Wildman–Crippen MR) is 78.0 cm³/mol. The Bertz CT molecular complexity index is 463. The zero-order valence-corrected chi connectivity index (χ0v) is 12.4. The van der Waals surface area contributed by atoms with Crippen molar-refractivity contribution >= 4 is 11.8 Å². The van der Waals surface area contributed by atoms with Crippen molar-refractivity contribution in [2.24, 2.45) is 0 Å². The first kappa shape index (κ1) is 16.3. The van der Waals surface area contributed by atoms with E-state index in [4.69, 9.17) is 4.74 Å². The minimum absolute atomic E-state index is 0.0149. The Morgan fingerprint density at radius 2 is 2.05 bits per heavy atom. The van der Waals surface area contributed by atoms with E-state index in [0.29, 0.717) is 18.5 Å². The molecule has 1 aromatic rings. The number of aliphatic hydroxyl groups excluding tert-OH is 1. The summed E-state index contributed by atoms with van der Waals surface area (Å²) in [6, 6.07) is 5.00. The fourth-order valence-electron chi connectivity index (χ4n) is 1.63. The lowest BCUT2D eigenvalue weighted by molar-refractivity contribution is 0.0635. The van der Waals surface area contributed by atoms with Gasteiger partial charge in [0.15, 0.2) is 0 Å². The van der Waals surface area contributed by atoms with Gasteiger partial charge in [-0.1, -0.05) is 6.07 Å². The summed E-state index contributed by atoms with van der Waals surface area (Å²) in [6.07, 6.45) is 0.303. The minimum atomic E-state index is -0.607. The maximum absolute atomic E-state index is 11.6. The Labute approximate surface area is 119 Å². The van der Waals surface area contributed by atoms with E-state index in [1.54, 1.807) is 45.9 Å². The van der Waals surface area contributed by atoms with Gasteiger partial charge in [-0.15, -0.1) is 0 Å². The Kier molecular flexibility index (Phi) is 5.39. The van der Waals surface area contributed by atoms with Gasteiger partial charge in [0.2, 0.25) is 0 Å². The average molecular weight is 281 g/mol. The Morgan fingerprint density at radius 3 is 2.55 bits per heavy atom. The highest BCUT2D eigenvalue weighted by Gasteiger charge is 2.17. The largest absolute Gasteiger partial charge is 0.506 e. The first-order chi connectivity index (χ1) is 9.17. The normalized spacial score (nSPS) is 12.8. The van der Waals surface area contributed by atoms with E-state index in [-0.39, 0.29) is 11.9 Å². The summed E-state index contributed by atoms with van der Waals surface area (Å²) in [7, 11) is 0. The van der Waals surface area contributed by atoms with Gasteiger partial charge in [0.25, 0.3) is 0 Å². The summed E-state index contributed by atoms with van der Waals surface area (Å²) in [5.74, 6) is -0.0149. The molecule has 1 aromatic carbocycles. The number of phenols is 1. The van der Waals surface area contributed by atoms with Crippen LogP contribution in [0.4, 0.5) is 10.5 Å². The standard InChI is InChI=1S/C15H23NO4/c1-10(17)5-6-11-7-8-12(13(18)9-11)16-14(19)20-15(2,3)4/h7-10,17-18H,5-6H2,1-4H3,(H,16,19). The number of amides is 1. The zero-order chi connectivity index (χ0) is 15.3. The van der Waals surface area contributed by atoms with Crippen LogP contribution in [0.5, 0.6) is 5.75 Å². The van der Waals surface area contributed by atoms with E-state index in [1.165, 1.54) is 0 Å². The van der Waals surface area contributed by atoms with Crippen molar-refractivity contribution < 1.29 is 19.7 Å². The third kappa shape index (κ3) is 5.93. The first-order valence-electron chi connectivity index (χ1n) is 6.67. The number of ether oxygens (including phenoxy) is 1. The van der Waals surface area contributed by atoms with Crippen LogP contribution in [0, 0.1) is 0 Å². The lowest BCUT2D eigenvalue weighted by Gasteiger charge is -2.20. The number of anilines is 1. The summed E-state index contributed by atoms with van der Waals surface area (Å²) < 4.78 is 5.11.